The SMILES string of the molecule is Fc1ccc(C2CCN(CC3CN(Cc4cccc5ccccc45)C[C@H]3C3OCCO3)CC2)cc1. The van der Waals surface area contributed by atoms with Crippen LogP contribution in [0, 0.1) is 17.7 Å². The third-order valence-corrected chi connectivity index (χ3v) is 8.26. The van der Waals surface area contributed by atoms with Gasteiger partial charge in [0.15, 0.2) is 6.29 Å². The van der Waals surface area contributed by atoms with Crippen molar-refractivity contribution < 1.29 is 13.9 Å². The van der Waals surface area contributed by atoms with Gasteiger partial charge in [-0.15, -0.1) is 0 Å². The highest BCUT2D eigenvalue weighted by Crippen LogP contribution is 2.35. The third kappa shape index (κ3) is 5.14. The number of rotatable bonds is 6. The maximum absolute atomic E-state index is 13.3. The predicted molar refractivity (Wildman–Crippen MR) is 137 cm³/mol. The van der Waals surface area contributed by atoms with Gasteiger partial charge in [-0.05, 0) is 71.8 Å². The molecule has 0 amide bonds. The topological polar surface area (TPSA) is 24.9 Å². The van der Waals surface area contributed by atoms with Gasteiger partial charge in [-0.3, -0.25) is 4.90 Å². The molecule has 3 aromatic rings. The third-order valence-electron chi connectivity index (χ3n) is 8.26. The summed E-state index contributed by atoms with van der Waals surface area (Å²) in [6, 6.07) is 22.4. The molecule has 3 aromatic carbocycles. The molecule has 4 nitrogen and oxygen atoms in total. The number of ether oxygens (including phenoxy) is 2. The average Bonchev–Trinajstić information content (AvgIpc) is 3.56. The summed E-state index contributed by atoms with van der Waals surface area (Å²) >= 11 is 0. The minimum Gasteiger partial charge on any atom is -0.350 e. The largest absolute Gasteiger partial charge is 0.350 e. The smallest absolute Gasteiger partial charge is 0.162 e. The number of nitrogens with zero attached hydrogens (tertiary/aromatic N) is 2. The Labute approximate surface area is 207 Å². The molecule has 1 unspecified atom stereocenters. The number of benzene rings is 3. The zero-order chi connectivity index (χ0) is 23.6. The Kier molecular flexibility index (Phi) is 6.84. The van der Waals surface area contributed by atoms with Crippen LogP contribution in [0.25, 0.3) is 10.8 Å². The fourth-order valence-corrected chi connectivity index (χ4v) is 6.43. The lowest BCUT2D eigenvalue weighted by Crippen LogP contribution is -2.40. The molecule has 0 N–H and O–H groups in total. The molecule has 3 aliphatic rings. The summed E-state index contributed by atoms with van der Waals surface area (Å²) < 4.78 is 25.3. The van der Waals surface area contributed by atoms with Crippen molar-refractivity contribution in [1.82, 2.24) is 9.80 Å². The summed E-state index contributed by atoms with van der Waals surface area (Å²) in [5.74, 6) is 1.33. The van der Waals surface area contributed by atoms with Gasteiger partial charge in [0.2, 0.25) is 0 Å². The monoisotopic (exact) mass is 474 g/mol. The average molecular weight is 475 g/mol. The lowest BCUT2D eigenvalue weighted by molar-refractivity contribution is -0.0928. The summed E-state index contributed by atoms with van der Waals surface area (Å²) in [5, 5.41) is 2.66. The van der Waals surface area contributed by atoms with E-state index >= 15 is 0 Å². The molecular formula is C30H35FN2O2. The Morgan fingerprint density at radius 3 is 2.34 bits per heavy atom. The van der Waals surface area contributed by atoms with E-state index in [-0.39, 0.29) is 12.1 Å². The van der Waals surface area contributed by atoms with Gasteiger partial charge in [-0.1, -0.05) is 54.6 Å². The molecule has 6 rings (SSSR count). The van der Waals surface area contributed by atoms with Crippen LogP contribution in [0.2, 0.25) is 0 Å². The summed E-state index contributed by atoms with van der Waals surface area (Å²) in [5.41, 5.74) is 2.68. The molecule has 3 aliphatic heterocycles. The van der Waals surface area contributed by atoms with E-state index in [1.54, 1.807) is 12.1 Å². The Morgan fingerprint density at radius 2 is 1.54 bits per heavy atom. The van der Waals surface area contributed by atoms with Gasteiger partial charge in [-0.2, -0.15) is 0 Å². The highest BCUT2D eigenvalue weighted by Gasteiger charge is 2.41. The zero-order valence-electron chi connectivity index (χ0n) is 20.3. The minimum atomic E-state index is -0.150. The molecule has 3 saturated heterocycles. The van der Waals surface area contributed by atoms with Gasteiger partial charge in [-0.25, -0.2) is 4.39 Å². The first-order chi connectivity index (χ1) is 17.2. The number of piperidine rings is 1. The van der Waals surface area contributed by atoms with Crippen LogP contribution in [0.5, 0.6) is 0 Å². The van der Waals surface area contributed by atoms with E-state index in [9.17, 15) is 4.39 Å². The van der Waals surface area contributed by atoms with Crippen LogP contribution in [-0.4, -0.2) is 62.0 Å². The number of fused-ring (bicyclic) bond motifs is 1. The number of hydrogen-bond acceptors (Lipinski definition) is 4. The second-order valence-corrected chi connectivity index (χ2v) is 10.5. The van der Waals surface area contributed by atoms with Crippen molar-refractivity contribution in [3.05, 3.63) is 83.7 Å². The van der Waals surface area contributed by atoms with Crippen molar-refractivity contribution in [3.8, 4) is 0 Å². The van der Waals surface area contributed by atoms with E-state index in [1.807, 2.05) is 12.1 Å². The molecular weight excluding hydrogens is 439 g/mol. The normalized spacial score (nSPS) is 25.1. The second kappa shape index (κ2) is 10.4. The molecule has 0 aliphatic carbocycles. The van der Waals surface area contributed by atoms with Gasteiger partial charge >= 0.3 is 0 Å². The maximum Gasteiger partial charge on any atom is 0.162 e. The lowest BCUT2D eigenvalue weighted by atomic mass is 9.88. The Morgan fingerprint density at radius 1 is 0.800 bits per heavy atom. The van der Waals surface area contributed by atoms with Crippen LogP contribution < -0.4 is 0 Å². The van der Waals surface area contributed by atoms with Gasteiger partial charge in [0.05, 0.1) is 13.2 Å². The van der Waals surface area contributed by atoms with Crippen LogP contribution in [-0.2, 0) is 16.0 Å². The molecule has 0 bridgehead atoms. The first kappa shape index (κ1) is 23.1. The van der Waals surface area contributed by atoms with Crippen LogP contribution in [0.3, 0.4) is 0 Å². The molecule has 0 spiro atoms. The number of hydrogen-bond donors (Lipinski definition) is 0. The number of halogens is 1. The van der Waals surface area contributed by atoms with Crippen molar-refractivity contribution in [1.29, 1.82) is 0 Å². The van der Waals surface area contributed by atoms with E-state index in [4.69, 9.17) is 9.47 Å². The molecule has 2 atom stereocenters. The lowest BCUT2D eigenvalue weighted by Gasteiger charge is -2.35. The number of likely N-dealkylation sites (tertiary alicyclic amines) is 2. The van der Waals surface area contributed by atoms with Crippen LogP contribution in [0.1, 0.15) is 29.9 Å². The molecule has 0 radical (unpaired) electrons. The minimum absolute atomic E-state index is 0.0747. The summed E-state index contributed by atoms with van der Waals surface area (Å²) in [6.45, 7) is 7.77. The van der Waals surface area contributed by atoms with E-state index in [0.29, 0.717) is 31.0 Å². The molecule has 3 fully saturated rings. The van der Waals surface area contributed by atoms with Crippen molar-refractivity contribution in [2.45, 2.75) is 31.6 Å². The van der Waals surface area contributed by atoms with E-state index in [0.717, 1.165) is 52.1 Å². The molecule has 184 valence electrons. The maximum atomic E-state index is 13.3. The van der Waals surface area contributed by atoms with E-state index in [1.165, 1.54) is 21.9 Å². The van der Waals surface area contributed by atoms with Crippen LogP contribution in [0.4, 0.5) is 4.39 Å². The highest BCUT2D eigenvalue weighted by molar-refractivity contribution is 5.85. The van der Waals surface area contributed by atoms with Crippen molar-refractivity contribution in [2.24, 2.45) is 11.8 Å². The molecule has 0 aromatic heterocycles. The molecule has 5 heteroatoms. The van der Waals surface area contributed by atoms with Gasteiger partial charge in [0.25, 0.3) is 0 Å². The van der Waals surface area contributed by atoms with Crippen LogP contribution in [0.15, 0.2) is 66.7 Å². The first-order valence-corrected chi connectivity index (χ1v) is 13.1. The highest BCUT2D eigenvalue weighted by atomic mass is 19.1. The van der Waals surface area contributed by atoms with E-state index < -0.39 is 0 Å². The van der Waals surface area contributed by atoms with Gasteiger partial charge in [0.1, 0.15) is 5.82 Å². The Balaban J connectivity index is 1.12. The van der Waals surface area contributed by atoms with Crippen molar-refractivity contribution >= 4 is 10.8 Å². The Bertz CT molecular complexity index is 1120. The van der Waals surface area contributed by atoms with Gasteiger partial charge in [0, 0.05) is 32.1 Å². The summed E-state index contributed by atoms with van der Waals surface area (Å²) in [6.07, 6.45) is 2.20. The summed E-state index contributed by atoms with van der Waals surface area (Å²) in [7, 11) is 0. The van der Waals surface area contributed by atoms with Crippen LogP contribution >= 0.6 is 0 Å². The molecule has 0 saturated carbocycles. The molecule has 35 heavy (non-hydrogen) atoms. The fraction of sp³-hybridized carbons (Fsp3) is 0.467. The predicted octanol–water partition coefficient (Wildman–Crippen LogP) is 5.28. The Hall–Kier alpha value is -2.31. The molecule has 3 heterocycles. The second-order valence-electron chi connectivity index (χ2n) is 10.5. The van der Waals surface area contributed by atoms with Gasteiger partial charge < -0.3 is 14.4 Å². The fourth-order valence-electron chi connectivity index (χ4n) is 6.43. The van der Waals surface area contributed by atoms with Crippen molar-refractivity contribution in [3.63, 3.8) is 0 Å². The first-order valence-electron chi connectivity index (χ1n) is 13.1. The zero-order valence-corrected chi connectivity index (χ0v) is 20.3. The quantitative estimate of drug-likeness (QED) is 0.485. The standard InChI is InChI=1S/C30H35FN2O2/c31-27-10-8-22(9-11-27)23-12-14-32(15-13-23)19-26-20-33(21-29(26)30-34-16-17-35-30)18-25-6-3-5-24-4-1-2-7-28(24)25/h1-11,23,26,29-30H,12-21H2/t26?,29-/m1/s1. The van der Waals surface area contributed by atoms with Crippen molar-refractivity contribution in [2.75, 3.05) is 45.9 Å². The van der Waals surface area contributed by atoms with E-state index in [2.05, 4.69) is 52.3 Å². The summed E-state index contributed by atoms with van der Waals surface area (Å²) in [4.78, 5) is 5.24.